The Bertz CT molecular complexity index is 68.7. The predicted molar refractivity (Wildman–Crippen MR) is 11.2 cm³/mol. The molecule has 0 fully saturated rings. The van der Waals surface area contributed by atoms with E-state index < -0.39 is 0 Å². The zero-order valence-electron chi connectivity index (χ0n) is 3.03. The van der Waals surface area contributed by atoms with Crippen LogP contribution in [0.1, 0.15) is 0 Å². The normalized spacial score (nSPS) is 2.00. The Balaban J connectivity index is -0.0000000400. The quantitative estimate of drug-likeness (QED) is 0.316. The Labute approximate surface area is 54.3 Å². The van der Waals surface area contributed by atoms with E-state index in [1.54, 1.807) is 0 Å². The summed E-state index contributed by atoms with van der Waals surface area (Å²) in [4.78, 5) is 0. The molecule has 0 saturated heterocycles. The summed E-state index contributed by atoms with van der Waals surface area (Å²) < 4.78 is 0. The third kappa shape index (κ3) is 96.0. The van der Waals surface area contributed by atoms with Crippen LogP contribution in [0.3, 0.4) is 0 Å². The first-order chi connectivity index (χ1) is 2.83. The van der Waals surface area contributed by atoms with E-state index in [-0.39, 0.29) is 20.4 Å². The number of hydrogen-bond donors (Lipinski definition) is 0. The average molecular weight is 190 g/mol. The fourth-order valence-corrected chi connectivity index (χ4v) is 0. The maximum atomic E-state index is 8.24. The summed E-state index contributed by atoms with van der Waals surface area (Å²) in [6.45, 7) is 0. The van der Waals surface area contributed by atoms with Crippen molar-refractivity contribution < 1.29 is 30.6 Å². The molecule has 7 heavy (non-hydrogen) atoms. The molecule has 0 aliphatic rings. The van der Waals surface area contributed by atoms with Crippen LogP contribution >= 0.6 is 0 Å². The molecule has 0 aromatic carbocycles. The molecule has 0 heterocycles. The second-order valence-electron chi connectivity index (χ2n) is 0.183. The van der Waals surface area contributed by atoms with Gasteiger partial charge in [-0.15, -0.1) is 0 Å². The van der Waals surface area contributed by atoms with Crippen LogP contribution in [-0.2, 0) is 20.4 Å². The molecule has 0 aromatic heterocycles. The maximum Gasteiger partial charge on any atom is 2.00 e. The van der Waals surface area contributed by atoms with E-state index in [1.165, 1.54) is 0 Å². The van der Waals surface area contributed by atoms with E-state index in [4.69, 9.17) is 20.7 Å². The van der Waals surface area contributed by atoms with Crippen LogP contribution in [0.2, 0.25) is 0 Å². The molecule has 4 nitrogen and oxygen atoms in total. The number of hydrogen-bond acceptors (Lipinski definition) is 4. The van der Waals surface area contributed by atoms with Gasteiger partial charge >= 0.3 is 20.4 Å². The summed E-state index contributed by atoms with van der Waals surface area (Å²) in [5.74, 6) is 0. The Morgan fingerprint density at radius 2 is 1.00 bits per heavy atom. The van der Waals surface area contributed by atoms with Gasteiger partial charge in [0.05, 0.1) is 0 Å². The molecule has 0 aliphatic heterocycles. The topological polar surface area (TPSA) is 93.7 Å². The van der Waals surface area contributed by atoms with E-state index in [0.717, 1.165) is 0 Å². The van der Waals surface area contributed by atoms with Crippen molar-refractivity contribution in [3.05, 3.63) is 0 Å². The molecule has 0 radical (unpaired) electrons. The molecule has 0 spiro atoms. The van der Waals surface area contributed by atoms with E-state index in [2.05, 4.69) is 0 Å². The molecular weight excluding hydrogens is 190 g/mol. The van der Waals surface area contributed by atoms with E-state index in [1.807, 2.05) is 0 Å². The van der Waals surface area contributed by atoms with Crippen molar-refractivity contribution in [2.24, 2.45) is 0 Å². The molecule has 5 heteroatoms. The van der Waals surface area contributed by atoms with Crippen molar-refractivity contribution in [3.63, 3.8) is 0 Å². The average Bonchev–Trinajstić information content (AvgIpc) is 1.39. The van der Waals surface area contributed by atoms with Gasteiger partial charge < -0.3 is 10.2 Å². The summed E-state index contributed by atoms with van der Waals surface area (Å²) in [5, 5.41) is 30.0. The van der Waals surface area contributed by atoms with Gasteiger partial charge in [-0.2, -0.15) is 0 Å². The Morgan fingerprint density at radius 1 is 1.00 bits per heavy atom. The van der Waals surface area contributed by atoms with Gasteiger partial charge in [-0.25, -0.2) is 10.5 Å². The molecule has 0 aliphatic carbocycles. The standard InChI is InChI=1S/2CHNO.Pd/c2*2-1-3;/h2*3H;/q;;+2/p-2. The van der Waals surface area contributed by atoms with Crippen molar-refractivity contribution in [2.75, 3.05) is 0 Å². The van der Waals surface area contributed by atoms with Gasteiger partial charge in [-0.1, -0.05) is 0 Å². The summed E-state index contributed by atoms with van der Waals surface area (Å²) in [6.07, 6.45) is 1.00. The van der Waals surface area contributed by atoms with Crippen molar-refractivity contribution in [1.29, 1.82) is 10.5 Å². The largest absolute Gasteiger partial charge is 2.00 e. The smallest absolute Gasteiger partial charge is 0.812 e. The fraction of sp³-hybridized carbons (Fsp3) is 0. The minimum Gasteiger partial charge on any atom is -0.812 e. The first-order valence-corrected chi connectivity index (χ1v) is 0.855. The van der Waals surface area contributed by atoms with Crippen LogP contribution in [0, 0.1) is 23.0 Å². The van der Waals surface area contributed by atoms with Gasteiger partial charge in [-0.3, -0.25) is 0 Å². The number of nitrogens with zero attached hydrogens (tertiary/aromatic N) is 2. The molecule has 0 rings (SSSR count). The molecule has 0 amide bonds. The molecule has 40 valence electrons. The van der Waals surface area contributed by atoms with Gasteiger partial charge in [0.2, 0.25) is 0 Å². The minimum absolute atomic E-state index is 0. The maximum absolute atomic E-state index is 8.24. The van der Waals surface area contributed by atoms with Crippen LogP contribution in [0.15, 0.2) is 0 Å². The van der Waals surface area contributed by atoms with Gasteiger partial charge in [0, 0.05) is 12.5 Å². The van der Waals surface area contributed by atoms with Crippen molar-refractivity contribution in [2.45, 2.75) is 0 Å². The minimum atomic E-state index is 0. The predicted octanol–water partition coefficient (Wildman–Crippen LogP) is -2.35. The summed E-state index contributed by atoms with van der Waals surface area (Å²) >= 11 is 0. The molecular formula is C2N2O2Pd. The second-order valence-corrected chi connectivity index (χ2v) is 0.183. The monoisotopic (exact) mass is 190 g/mol. The Hall–Kier alpha value is -0.758. The zero-order chi connectivity index (χ0) is 5.41. The third-order valence-corrected chi connectivity index (χ3v) is 0. The van der Waals surface area contributed by atoms with Crippen LogP contribution in [0.4, 0.5) is 0 Å². The SMILES string of the molecule is N#C[O-].N#C[O-].[Pd+2]. The number of rotatable bonds is 0. The first kappa shape index (κ1) is 16.3. The summed E-state index contributed by atoms with van der Waals surface area (Å²) in [6, 6.07) is 0. The van der Waals surface area contributed by atoms with Crippen LogP contribution in [-0.4, -0.2) is 0 Å². The van der Waals surface area contributed by atoms with E-state index in [0.29, 0.717) is 12.5 Å². The molecule has 0 N–H and O–H groups in total. The van der Waals surface area contributed by atoms with Crippen LogP contribution in [0.25, 0.3) is 0 Å². The van der Waals surface area contributed by atoms with E-state index >= 15 is 0 Å². The van der Waals surface area contributed by atoms with Crippen LogP contribution in [0.5, 0.6) is 0 Å². The molecule has 0 aromatic rings. The van der Waals surface area contributed by atoms with Crippen molar-refractivity contribution in [3.8, 4) is 12.5 Å². The van der Waals surface area contributed by atoms with Gasteiger partial charge in [0.15, 0.2) is 0 Å². The van der Waals surface area contributed by atoms with Crippen molar-refractivity contribution in [1.82, 2.24) is 0 Å². The first-order valence-electron chi connectivity index (χ1n) is 0.855. The Kier molecular flexibility index (Phi) is 143. The number of nitriles is 2. The third-order valence-electron chi connectivity index (χ3n) is 0. The van der Waals surface area contributed by atoms with Crippen molar-refractivity contribution >= 4 is 0 Å². The molecule has 0 bridgehead atoms. The van der Waals surface area contributed by atoms with Gasteiger partial charge in [0.1, 0.15) is 0 Å². The molecule has 0 saturated carbocycles. The van der Waals surface area contributed by atoms with Crippen LogP contribution < -0.4 is 10.2 Å². The fourth-order valence-electron chi connectivity index (χ4n) is 0. The Morgan fingerprint density at radius 3 is 1.00 bits per heavy atom. The molecule has 0 unspecified atom stereocenters. The summed E-state index contributed by atoms with van der Waals surface area (Å²) in [7, 11) is 0. The van der Waals surface area contributed by atoms with E-state index in [9.17, 15) is 0 Å². The van der Waals surface area contributed by atoms with Gasteiger partial charge in [-0.05, 0) is 0 Å². The second kappa shape index (κ2) is 61.1. The summed E-state index contributed by atoms with van der Waals surface area (Å²) in [5.41, 5.74) is 0. The zero-order valence-corrected chi connectivity index (χ0v) is 4.58. The van der Waals surface area contributed by atoms with Gasteiger partial charge in [0.25, 0.3) is 0 Å². The molecule has 0 atom stereocenters.